The number of aromatic nitrogens is 4. The molecule has 0 aliphatic carbocycles. The Kier molecular flexibility index (Phi) is 6.89. The molecule has 0 aliphatic rings. The van der Waals surface area contributed by atoms with Gasteiger partial charge in [-0.2, -0.15) is 4.98 Å². The van der Waals surface area contributed by atoms with Crippen LogP contribution in [0.2, 0.25) is 0 Å². The third-order valence-corrected chi connectivity index (χ3v) is 4.91. The van der Waals surface area contributed by atoms with E-state index in [9.17, 15) is 18.4 Å². The molecule has 10 heteroatoms. The predicted octanol–water partition coefficient (Wildman–Crippen LogP) is 2.14. The van der Waals surface area contributed by atoms with Crippen LogP contribution < -0.4 is 16.0 Å². The van der Waals surface area contributed by atoms with Crippen molar-refractivity contribution in [2.45, 2.75) is 45.2 Å². The number of alkyl halides is 2. The van der Waals surface area contributed by atoms with E-state index in [1.54, 1.807) is 4.57 Å². The number of imidazole rings is 1. The number of aliphatic hydroxyl groups excluding tert-OH is 1. The first kappa shape index (κ1) is 22.7. The summed E-state index contributed by atoms with van der Waals surface area (Å²) in [6.07, 6.45) is 0.0259. The van der Waals surface area contributed by atoms with Gasteiger partial charge in [0.15, 0.2) is 11.2 Å². The van der Waals surface area contributed by atoms with E-state index in [2.05, 4.69) is 4.98 Å². The monoisotopic (exact) mass is 436 g/mol. The van der Waals surface area contributed by atoms with Gasteiger partial charge in [-0.25, -0.2) is 13.6 Å². The molecule has 0 fully saturated rings. The zero-order valence-electron chi connectivity index (χ0n) is 17.6. The van der Waals surface area contributed by atoms with E-state index < -0.39 is 17.2 Å². The Hall–Kier alpha value is -3.01. The molecule has 2 aromatic heterocycles. The fourth-order valence-electron chi connectivity index (χ4n) is 3.35. The summed E-state index contributed by atoms with van der Waals surface area (Å²) in [7, 11) is 1.50. The van der Waals surface area contributed by atoms with Crippen LogP contribution >= 0.6 is 0 Å². The van der Waals surface area contributed by atoms with Gasteiger partial charge in [-0.05, 0) is 25.3 Å². The number of benzene rings is 1. The normalized spacial score (nSPS) is 11.9. The summed E-state index contributed by atoms with van der Waals surface area (Å²) in [5.41, 5.74) is 0.126. The van der Waals surface area contributed by atoms with Gasteiger partial charge in [-0.1, -0.05) is 30.3 Å². The van der Waals surface area contributed by atoms with E-state index in [0.717, 1.165) is 17.1 Å². The molecule has 0 atom stereocenters. The lowest BCUT2D eigenvalue weighted by Crippen LogP contribution is -2.39. The molecule has 8 nitrogen and oxygen atoms in total. The summed E-state index contributed by atoms with van der Waals surface area (Å²) >= 11 is 0. The second-order valence-electron chi connectivity index (χ2n) is 7.54. The van der Waals surface area contributed by atoms with Crippen LogP contribution in [-0.2, 0) is 20.1 Å². The number of hydrogen-bond acceptors (Lipinski definition) is 5. The summed E-state index contributed by atoms with van der Waals surface area (Å²) in [6.45, 7) is 1.00. The molecule has 0 saturated carbocycles. The Bertz CT molecular complexity index is 1150. The summed E-state index contributed by atoms with van der Waals surface area (Å²) in [5.74, 6) is -2.79. The zero-order valence-corrected chi connectivity index (χ0v) is 17.6. The fourth-order valence-corrected chi connectivity index (χ4v) is 3.35. The average molecular weight is 436 g/mol. The maximum Gasteiger partial charge on any atom is 0.332 e. The lowest BCUT2D eigenvalue weighted by Gasteiger charge is -2.12. The third kappa shape index (κ3) is 5.19. The van der Waals surface area contributed by atoms with Gasteiger partial charge in [-0.3, -0.25) is 18.5 Å². The number of aliphatic hydroxyl groups is 1. The van der Waals surface area contributed by atoms with Crippen LogP contribution in [0.25, 0.3) is 11.2 Å². The molecule has 168 valence electrons. The van der Waals surface area contributed by atoms with Crippen LogP contribution in [0.1, 0.15) is 31.7 Å². The highest BCUT2D eigenvalue weighted by atomic mass is 19.3. The number of ether oxygens (including phenoxy) is 1. The maximum atomic E-state index is 13.1. The lowest BCUT2D eigenvalue weighted by molar-refractivity contribution is 0.00732. The van der Waals surface area contributed by atoms with Crippen molar-refractivity contribution in [1.29, 1.82) is 0 Å². The van der Waals surface area contributed by atoms with Crippen molar-refractivity contribution in [2.75, 3.05) is 13.2 Å². The highest BCUT2D eigenvalue weighted by Crippen LogP contribution is 2.22. The molecule has 2 heterocycles. The van der Waals surface area contributed by atoms with Crippen LogP contribution in [0, 0.1) is 0 Å². The highest BCUT2D eigenvalue weighted by Gasteiger charge is 2.23. The van der Waals surface area contributed by atoms with Crippen molar-refractivity contribution in [2.24, 2.45) is 7.05 Å². The van der Waals surface area contributed by atoms with E-state index in [-0.39, 0.29) is 62.7 Å². The van der Waals surface area contributed by atoms with Gasteiger partial charge in [0.2, 0.25) is 5.92 Å². The maximum absolute atomic E-state index is 13.1. The van der Waals surface area contributed by atoms with Gasteiger partial charge >= 0.3 is 5.69 Å². The standard InChI is InChI=1S/C21H26F2N4O4/c1-21(22,23)10-6-13-31-19-24-17-16(27(19)14-15-8-4-3-5-9-15)18(29)26(11-7-12-28)20(30)25(17)2/h3-5,8-9,28H,6-7,10-14H2,1-2H3. The van der Waals surface area contributed by atoms with Crippen LogP contribution in [-0.4, -0.2) is 42.9 Å². The minimum Gasteiger partial charge on any atom is -0.465 e. The number of nitrogens with zero attached hydrogens (tertiary/aromatic N) is 4. The van der Waals surface area contributed by atoms with E-state index in [4.69, 9.17) is 9.84 Å². The molecule has 31 heavy (non-hydrogen) atoms. The second kappa shape index (κ2) is 9.42. The molecule has 1 aromatic carbocycles. The Labute approximate surface area is 177 Å². The summed E-state index contributed by atoms with van der Waals surface area (Å²) in [6, 6.07) is 9.41. The van der Waals surface area contributed by atoms with Gasteiger partial charge in [0.1, 0.15) is 0 Å². The quantitative estimate of drug-likeness (QED) is 0.492. The molecule has 1 N–H and O–H groups in total. The molecule has 0 unspecified atom stereocenters. The fraction of sp³-hybridized carbons (Fsp3) is 0.476. The number of rotatable bonds is 10. The van der Waals surface area contributed by atoms with Crippen molar-refractivity contribution in [3.05, 3.63) is 56.7 Å². The molecular weight excluding hydrogens is 410 g/mol. The Morgan fingerprint density at radius 1 is 1.13 bits per heavy atom. The van der Waals surface area contributed by atoms with Gasteiger partial charge in [0.25, 0.3) is 11.6 Å². The molecular formula is C21H26F2N4O4. The van der Waals surface area contributed by atoms with Crippen molar-refractivity contribution in [3.8, 4) is 6.01 Å². The summed E-state index contributed by atoms with van der Waals surface area (Å²) in [4.78, 5) is 30.1. The average Bonchev–Trinajstić information content (AvgIpc) is 3.08. The molecule has 3 aromatic rings. The first-order valence-corrected chi connectivity index (χ1v) is 10.1. The first-order valence-electron chi connectivity index (χ1n) is 10.1. The van der Waals surface area contributed by atoms with E-state index in [0.29, 0.717) is 0 Å². The minimum absolute atomic E-state index is 0.00576. The van der Waals surface area contributed by atoms with Gasteiger partial charge in [0, 0.05) is 26.6 Å². The number of halogens is 2. The first-order chi connectivity index (χ1) is 14.7. The number of hydrogen-bond donors (Lipinski definition) is 1. The molecule has 0 radical (unpaired) electrons. The molecule has 3 rings (SSSR count). The molecule has 0 aliphatic heterocycles. The summed E-state index contributed by atoms with van der Waals surface area (Å²) in [5, 5.41) is 9.11. The Morgan fingerprint density at radius 3 is 2.48 bits per heavy atom. The summed E-state index contributed by atoms with van der Waals surface area (Å²) < 4.78 is 35.8. The van der Waals surface area contributed by atoms with E-state index >= 15 is 0 Å². The SMILES string of the molecule is Cn1c(=O)n(CCCO)c(=O)c2c1nc(OCCCC(C)(F)F)n2Cc1ccccc1. The molecule has 0 saturated heterocycles. The number of fused-ring (bicyclic) bond motifs is 1. The molecule has 0 amide bonds. The Balaban J connectivity index is 2.08. The largest absolute Gasteiger partial charge is 0.465 e. The smallest absolute Gasteiger partial charge is 0.332 e. The zero-order chi connectivity index (χ0) is 22.6. The second-order valence-corrected chi connectivity index (χ2v) is 7.54. The number of aryl methyl sites for hydroxylation is 1. The van der Waals surface area contributed by atoms with Crippen molar-refractivity contribution in [1.82, 2.24) is 18.7 Å². The van der Waals surface area contributed by atoms with Crippen molar-refractivity contribution >= 4 is 11.2 Å². The van der Waals surface area contributed by atoms with Crippen LogP contribution in [0.15, 0.2) is 39.9 Å². The molecule has 0 bridgehead atoms. The van der Waals surface area contributed by atoms with Crippen molar-refractivity contribution in [3.63, 3.8) is 0 Å². The third-order valence-electron chi connectivity index (χ3n) is 4.91. The van der Waals surface area contributed by atoms with Gasteiger partial charge < -0.3 is 9.84 Å². The Morgan fingerprint density at radius 2 is 1.84 bits per heavy atom. The molecule has 0 spiro atoms. The van der Waals surface area contributed by atoms with Gasteiger partial charge in [0.05, 0.1) is 13.2 Å². The van der Waals surface area contributed by atoms with E-state index in [1.165, 1.54) is 11.6 Å². The highest BCUT2D eigenvalue weighted by molar-refractivity contribution is 5.72. The topological polar surface area (TPSA) is 91.3 Å². The minimum atomic E-state index is -2.79. The van der Waals surface area contributed by atoms with Crippen LogP contribution in [0.4, 0.5) is 8.78 Å². The van der Waals surface area contributed by atoms with Crippen molar-refractivity contribution < 1.29 is 18.6 Å². The van der Waals surface area contributed by atoms with Crippen LogP contribution in [0.3, 0.4) is 0 Å². The van der Waals surface area contributed by atoms with E-state index in [1.807, 2.05) is 30.3 Å². The predicted molar refractivity (Wildman–Crippen MR) is 112 cm³/mol. The van der Waals surface area contributed by atoms with Crippen LogP contribution in [0.5, 0.6) is 6.01 Å². The van der Waals surface area contributed by atoms with Gasteiger partial charge in [-0.15, -0.1) is 0 Å². The lowest BCUT2D eigenvalue weighted by atomic mass is 10.2.